The van der Waals surface area contributed by atoms with Crippen molar-refractivity contribution < 1.29 is 9.59 Å². The Morgan fingerprint density at radius 3 is 2.05 bits per heavy atom. The molecule has 0 saturated carbocycles. The number of amides is 2. The molecular formula is C17H19N3O2. The van der Waals surface area contributed by atoms with Gasteiger partial charge in [-0.3, -0.25) is 9.59 Å². The number of hydrogen-bond acceptors (Lipinski definition) is 3. The number of nitrogens with one attached hydrogen (secondary N) is 2. The van der Waals surface area contributed by atoms with Crippen molar-refractivity contribution in [2.45, 2.75) is 19.9 Å². The average Bonchev–Trinajstić information content (AvgIpc) is 2.50. The van der Waals surface area contributed by atoms with Crippen molar-refractivity contribution >= 4 is 23.2 Å². The second-order valence-corrected chi connectivity index (χ2v) is 5.16. The summed E-state index contributed by atoms with van der Waals surface area (Å²) in [6.07, 6.45) is 0. The monoisotopic (exact) mass is 297 g/mol. The van der Waals surface area contributed by atoms with Crippen molar-refractivity contribution in [2.75, 3.05) is 10.6 Å². The second-order valence-electron chi connectivity index (χ2n) is 5.16. The van der Waals surface area contributed by atoms with Crippen LogP contribution in [0.5, 0.6) is 0 Å². The number of rotatable bonds is 5. The van der Waals surface area contributed by atoms with Gasteiger partial charge in [-0.25, -0.2) is 0 Å². The average molecular weight is 297 g/mol. The lowest BCUT2D eigenvalue weighted by Crippen LogP contribution is -2.31. The highest BCUT2D eigenvalue weighted by atomic mass is 16.2. The van der Waals surface area contributed by atoms with Crippen LogP contribution in [0.4, 0.5) is 11.4 Å². The minimum Gasteiger partial charge on any atom is -0.374 e. The molecule has 0 spiro atoms. The van der Waals surface area contributed by atoms with Gasteiger partial charge in [0.05, 0.1) is 0 Å². The summed E-state index contributed by atoms with van der Waals surface area (Å²) in [6.45, 7) is 3.79. The highest BCUT2D eigenvalue weighted by Crippen LogP contribution is 2.12. The molecule has 0 fully saturated rings. The van der Waals surface area contributed by atoms with Gasteiger partial charge in [0, 0.05) is 16.9 Å². The summed E-state index contributed by atoms with van der Waals surface area (Å²) in [5, 5.41) is 5.92. The minimum atomic E-state index is -0.493. The van der Waals surface area contributed by atoms with Crippen LogP contribution in [0, 0.1) is 6.92 Å². The Balaban J connectivity index is 1.95. The van der Waals surface area contributed by atoms with Crippen LogP contribution in [-0.2, 0) is 4.79 Å². The van der Waals surface area contributed by atoms with Crippen LogP contribution in [0.25, 0.3) is 0 Å². The van der Waals surface area contributed by atoms with E-state index in [2.05, 4.69) is 10.6 Å². The molecule has 0 heterocycles. The number of carbonyl (C=O) groups is 2. The molecule has 0 aliphatic rings. The number of benzene rings is 2. The third-order valence-electron chi connectivity index (χ3n) is 3.26. The standard InChI is InChI=1S/C17H19N3O2/c1-11-3-7-14(8-4-11)19-12(2)17(22)20-15-9-5-13(6-10-15)16(18)21/h3-10,12,19H,1-2H3,(H2,18,21)(H,20,22)/t12-/m0/s1. The molecule has 0 bridgehead atoms. The van der Waals surface area contributed by atoms with Gasteiger partial charge in [0.25, 0.3) is 0 Å². The van der Waals surface area contributed by atoms with Gasteiger partial charge in [0.1, 0.15) is 6.04 Å². The summed E-state index contributed by atoms with van der Waals surface area (Å²) in [6, 6.07) is 13.9. The van der Waals surface area contributed by atoms with Crippen molar-refractivity contribution in [1.82, 2.24) is 0 Å². The molecule has 2 rings (SSSR count). The quantitative estimate of drug-likeness (QED) is 0.793. The fourth-order valence-corrected chi connectivity index (χ4v) is 1.93. The fraction of sp³-hybridized carbons (Fsp3) is 0.176. The van der Waals surface area contributed by atoms with Crippen molar-refractivity contribution in [1.29, 1.82) is 0 Å². The summed E-state index contributed by atoms with van der Waals surface area (Å²) in [5.41, 5.74) is 8.25. The third-order valence-corrected chi connectivity index (χ3v) is 3.26. The molecule has 2 amide bonds. The number of nitrogens with two attached hydrogens (primary N) is 1. The van der Waals surface area contributed by atoms with E-state index in [-0.39, 0.29) is 5.91 Å². The van der Waals surface area contributed by atoms with Crippen LogP contribution in [-0.4, -0.2) is 17.9 Å². The first-order valence-corrected chi connectivity index (χ1v) is 6.99. The number of hydrogen-bond donors (Lipinski definition) is 3. The van der Waals surface area contributed by atoms with Gasteiger partial charge in [0.2, 0.25) is 11.8 Å². The van der Waals surface area contributed by atoms with Crippen LogP contribution < -0.4 is 16.4 Å². The lowest BCUT2D eigenvalue weighted by atomic mass is 10.2. The number of anilines is 2. The van der Waals surface area contributed by atoms with Crippen LogP contribution in [0.1, 0.15) is 22.8 Å². The molecule has 2 aromatic carbocycles. The molecule has 2 aromatic rings. The van der Waals surface area contributed by atoms with Gasteiger partial charge >= 0.3 is 0 Å². The maximum atomic E-state index is 12.1. The van der Waals surface area contributed by atoms with E-state index in [0.29, 0.717) is 11.3 Å². The second kappa shape index (κ2) is 6.76. The van der Waals surface area contributed by atoms with Gasteiger partial charge < -0.3 is 16.4 Å². The van der Waals surface area contributed by atoms with E-state index in [1.807, 2.05) is 31.2 Å². The molecule has 0 aliphatic carbocycles. The normalized spacial score (nSPS) is 11.5. The zero-order chi connectivity index (χ0) is 16.1. The van der Waals surface area contributed by atoms with Crippen LogP contribution in [0.15, 0.2) is 48.5 Å². The topological polar surface area (TPSA) is 84.2 Å². The van der Waals surface area contributed by atoms with Crippen molar-refractivity contribution in [3.8, 4) is 0 Å². The summed E-state index contributed by atoms with van der Waals surface area (Å²) in [4.78, 5) is 23.1. The number of primary amides is 1. The van der Waals surface area contributed by atoms with Crippen LogP contribution in [0.2, 0.25) is 0 Å². The SMILES string of the molecule is Cc1ccc(N[C@@H](C)C(=O)Nc2ccc(C(N)=O)cc2)cc1. The minimum absolute atomic E-state index is 0.160. The predicted octanol–water partition coefficient (Wildman–Crippen LogP) is 2.53. The molecule has 0 aromatic heterocycles. The predicted molar refractivity (Wildman–Crippen MR) is 87.9 cm³/mol. The largest absolute Gasteiger partial charge is 0.374 e. The first-order valence-electron chi connectivity index (χ1n) is 6.99. The zero-order valence-electron chi connectivity index (χ0n) is 12.6. The summed E-state index contributed by atoms with van der Waals surface area (Å²) in [7, 11) is 0. The number of aryl methyl sites for hydroxylation is 1. The van der Waals surface area contributed by atoms with Gasteiger partial charge in [0.15, 0.2) is 0 Å². The Morgan fingerprint density at radius 2 is 1.50 bits per heavy atom. The first kappa shape index (κ1) is 15.6. The fourth-order valence-electron chi connectivity index (χ4n) is 1.93. The highest BCUT2D eigenvalue weighted by molar-refractivity contribution is 5.97. The number of carbonyl (C=O) groups excluding carboxylic acids is 2. The lowest BCUT2D eigenvalue weighted by molar-refractivity contribution is -0.116. The van der Waals surface area contributed by atoms with Crippen LogP contribution in [0.3, 0.4) is 0 Å². The Hall–Kier alpha value is -2.82. The molecule has 5 nitrogen and oxygen atoms in total. The first-order chi connectivity index (χ1) is 10.5. The molecule has 4 N–H and O–H groups in total. The van der Waals surface area contributed by atoms with Gasteiger partial charge in [-0.2, -0.15) is 0 Å². The summed E-state index contributed by atoms with van der Waals surface area (Å²) < 4.78 is 0. The van der Waals surface area contributed by atoms with Crippen molar-refractivity contribution in [3.05, 3.63) is 59.7 Å². The maximum Gasteiger partial charge on any atom is 0.248 e. The molecule has 0 saturated heterocycles. The van der Waals surface area contributed by atoms with E-state index in [1.165, 1.54) is 0 Å². The Bertz CT molecular complexity index is 663. The molecule has 114 valence electrons. The third kappa shape index (κ3) is 4.09. The van der Waals surface area contributed by atoms with Crippen LogP contribution >= 0.6 is 0 Å². The van der Waals surface area contributed by atoms with Crippen molar-refractivity contribution in [3.63, 3.8) is 0 Å². The molecule has 22 heavy (non-hydrogen) atoms. The van der Waals surface area contributed by atoms with Crippen molar-refractivity contribution in [2.24, 2.45) is 5.73 Å². The molecule has 0 radical (unpaired) electrons. The smallest absolute Gasteiger partial charge is 0.248 e. The van der Waals surface area contributed by atoms with Gasteiger partial charge in [-0.1, -0.05) is 17.7 Å². The van der Waals surface area contributed by atoms with Gasteiger partial charge in [-0.15, -0.1) is 0 Å². The van der Waals surface area contributed by atoms with E-state index >= 15 is 0 Å². The van der Waals surface area contributed by atoms with E-state index in [1.54, 1.807) is 31.2 Å². The van der Waals surface area contributed by atoms with E-state index in [4.69, 9.17) is 5.73 Å². The molecule has 5 heteroatoms. The van der Waals surface area contributed by atoms with E-state index in [0.717, 1.165) is 11.3 Å². The van der Waals surface area contributed by atoms with E-state index in [9.17, 15) is 9.59 Å². The maximum absolute atomic E-state index is 12.1. The Kier molecular flexibility index (Phi) is 4.78. The molecule has 1 atom stereocenters. The highest BCUT2D eigenvalue weighted by Gasteiger charge is 2.13. The van der Waals surface area contributed by atoms with Gasteiger partial charge in [-0.05, 0) is 50.2 Å². The molecule has 0 aliphatic heterocycles. The zero-order valence-corrected chi connectivity index (χ0v) is 12.6. The lowest BCUT2D eigenvalue weighted by Gasteiger charge is -2.15. The van der Waals surface area contributed by atoms with E-state index < -0.39 is 11.9 Å². The summed E-state index contributed by atoms with van der Waals surface area (Å²) >= 11 is 0. The molecule has 0 unspecified atom stereocenters. The summed E-state index contributed by atoms with van der Waals surface area (Å²) in [5.74, 6) is -0.653. The molecular weight excluding hydrogens is 278 g/mol. The Labute approximate surface area is 129 Å². The Morgan fingerprint density at radius 1 is 0.955 bits per heavy atom.